The molecule has 0 aromatic heterocycles. The molecular formula is C24H36O8. The summed E-state index contributed by atoms with van der Waals surface area (Å²) in [4.78, 5) is 43.7. The Labute approximate surface area is 190 Å². The number of rotatable bonds is 7. The van der Waals surface area contributed by atoms with Crippen molar-refractivity contribution in [2.75, 3.05) is 13.2 Å². The third-order valence-corrected chi connectivity index (χ3v) is 3.22. The van der Waals surface area contributed by atoms with E-state index in [2.05, 4.69) is 44.9 Å². The molecule has 0 unspecified atom stereocenters. The number of carbonyl (C=O) groups excluding carboxylic acids is 4. The molecule has 0 aromatic rings. The Morgan fingerprint density at radius 3 is 1.34 bits per heavy atom. The summed E-state index contributed by atoms with van der Waals surface area (Å²) >= 11 is 0. The van der Waals surface area contributed by atoms with Crippen LogP contribution in [-0.2, 0) is 38.1 Å². The first-order chi connectivity index (χ1) is 14.3. The van der Waals surface area contributed by atoms with E-state index < -0.39 is 29.5 Å². The molecule has 0 aromatic carbocycles. The molecular weight excluding hydrogens is 416 g/mol. The molecule has 8 nitrogen and oxygen atoms in total. The normalized spacial score (nSPS) is 12.9. The van der Waals surface area contributed by atoms with Gasteiger partial charge in [0.15, 0.2) is 0 Å². The molecule has 1 saturated heterocycles. The number of epoxide rings is 1. The average molecular weight is 453 g/mol. The smallest absolute Gasteiger partial charge is 0.340 e. The van der Waals surface area contributed by atoms with Crippen molar-refractivity contribution in [3.63, 3.8) is 0 Å². The van der Waals surface area contributed by atoms with Gasteiger partial charge in [-0.3, -0.25) is 0 Å². The Bertz CT molecular complexity index is 754. The summed E-state index contributed by atoms with van der Waals surface area (Å²) in [6.45, 7) is 28.0. The lowest BCUT2D eigenvalue weighted by Gasteiger charge is -2.24. The topological polar surface area (TPSA) is 108 Å². The molecule has 1 rings (SSSR count). The summed E-state index contributed by atoms with van der Waals surface area (Å²) in [5.74, 6) is -2.42. The van der Waals surface area contributed by atoms with Crippen LogP contribution in [0.1, 0.15) is 55.4 Å². The summed E-state index contributed by atoms with van der Waals surface area (Å²) in [7, 11) is 0. The van der Waals surface area contributed by atoms with Crippen LogP contribution >= 0.6 is 0 Å². The molecule has 0 amide bonds. The molecule has 0 saturated carbocycles. The first kappa shape index (κ1) is 31.2. The maximum atomic E-state index is 11.3. The van der Waals surface area contributed by atoms with Crippen molar-refractivity contribution in [1.82, 2.24) is 0 Å². The largest absolute Gasteiger partial charge is 0.458 e. The van der Waals surface area contributed by atoms with Crippen LogP contribution in [0, 0.1) is 0 Å². The fraction of sp³-hybridized carbons (Fsp3) is 0.500. The first-order valence-electron chi connectivity index (χ1n) is 9.74. The maximum Gasteiger partial charge on any atom is 0.340 e. The van der Waals surface area contributed by atoms with Gasteiger partial charge in [0.05, 0.1) is 12.2 Å². The molecule has 1 aliphatic rings. The molecule has 1 heterocycles. The van der Waals surface area contributed by atoms with Gasteiger partial charge in [0, 0.05) is 22.3 Å². The van der Waals surface area contributed by atoms with E-state index in [1.54, 1.807) is 27.7 Å². The minimum atomic E-state index is -0.874. The number of ether oxygens (including phenoxy) is 4. The highest BCUT2D eigenvalue weighted by Crippen LogP contribution is 2.23. The van der Waals surface area contributed by atoms with Crippen molar-refractivity contribution in [3.05, 3.63) is 48.6 Å². The summed E-state index contributed by atoms with van der Waals surface area (Å²) in [6, 6.07) is 0. The van der Waals surface area contributed by atoms with Crippen molar-refractivity contribution < 1.29 is 38.1 Å². The van der Waals surface area contributed by atoms with Crippen LogP contribution in [0.4, 0.5) is 0 Å². The van der Waals surface area contributed by atoms with Crippen molar-refractivity contribution >= 4 is 23.9 Å². The minimum absolute atomic E-state index is 0.0162. The zero-order valence-electron chi connectivity index (χ0n) is 20.5. The van der Waals surface area contributed by atoms with Crippen molar-refractivity contribution in [2.45, 2.75) is 66.6 Å². The van der Waals surface area contributed by atoms with Crippen LogP contribution in [0.3, 0.4) is 0 Å². The number of carbonyl (C=O) groups is 4. The van der Waals surface area contributed by atoms with Crippen molar-refractivity contribution in [2.24, 2.45) is 0 Å². The molecule has 1 aliphatic heterocycles. The van der Waals surface area contributed by atoms with Crippen molar-refractivity contribution in [1.29, 1.82) is 0 Å². The minimum Gasteiger partial charge on any atom is -0.458 e. The van der Waals surface area contributed by atoms with Crippen molar-refractivity contribution in [3.8, 4) is 0 Å². The van der Waals surface area contributed by atoms with Crippen LogP contribution < -0.4 is 0 Å². The van der Waals surface area contributed by atoms with E-state index in [-0.39, 0.29) is 23.4 Å². The third kappa shape index (κ3) is 16.8. The van der Waals surface area contributed by atoms with Crippen LogP contribution in [0.2, 0.25) is 0 Å². The third-order valence-electron chi connectivity index (χ3n) is 3.22. The molecule has 0 spiro atoms. The summed E-state index contributed by atoms with van der Waals surface area (Å²) in [5.41, 5.74) is 0.377. The monoisotopic (exact) mass is 452 g/mol. The summed E-state index contributed by atoms with van der Waals surface area (Å²) < 4.78 is 19.2. The van der Waals surface area contributed by atoms with Gasteiger partial charge in [-0.15, -0.1) is 0 Å². The lowest BCUT2D eigenvalue weighted by molar-refractivity contribution is -0.163. The Morgan fingerprint density at radius 1 is 0.781 bits per heavy atom. The van der Waals surface area contributed by atoms with E-state index >= 15 is 0 Å². The van der Waals surface area contributed by atoms with Gasteiger partial charge in [0.25, 0.3) is 0 Å². The van der Waals surface area contributed by atoms with Gasteiger partial charge in [-0.05, 0) is 55.4 Å². The predicted octanol–water partition coefficient (Wildman–Crippen LogP) is 4.01. The highest BCUT2D eigenvalue weighted by atomic mass is 16.6. The average Bonchev–Trinajstić information content (AvgIpc) is 3.34. The van der Waals surface area contributed by atoms with Gasteiger partial charge in [-0.2, -0.15) is 0 Å². The molecule has 1 fully saturated rings. The molecule has 0 atom stereocenters. The lowest BCUT2D eigenvalue weighted by atomic mass is 10.1. The van der Waals surface area contributed by atoms with Crippen LogP contribution in [0.15, 0.2) is 48.6 Å². The van der Waals surface area contributed by atoms with E-state index in [0.717, 1.165) is 6.61 Å². The lowest BCUT2D eigenvalue weighted by Crippen LogP contribution is -2.34. The number of hydrogen-bond acceptors (Lipinski definition) is 8. The van der Waals surface area contributed by atoms with Gasteiger partial charge in [0.1, 0.15) is 12.2 Å². The van der Waals surface area contributed by atoms with E-state index in [1.807, 2.05) is 0 Å². The quantitative estimate of drug-likeness (QED) is 0.187. The van der Waals surface area contributed by atoms with Gasteiger partial charge in [-0.1, -0.05) is 26.3 Å². The molecule has 180 valence electrons. The summed E-state index contributed by atoms with van der Waals surface area (Å²) in [6.07, 6.45) is 0. The Hall–Kier alpha value is -3.00. The molecule has 32 heavy (non-hydrogen) atoms. The second-order valence-corrected chi connectivity index (χ2v) is 8.57. The van der Waals surface area contributed by atoms with Crippen LogP contribution in [0.25, 0.3) is 0 Å². The van der Waals surface area contributed by atoms with Gasteiger partial charge in [0.2, 0.25) is 0 Å². The van der Waals surface area contributed by atoms with Crippen LogP contribution in [-0.4, -0.2) is 48.3 Å². The zero-order chi connectivity index (χ0) is 25.9. The molecule has 0 N–H and O–H groups in total. The maximum absolute atomic E-state index is 11.3. The molecule has 0 radical (unpaired) electrons. The van der Waals surface area contributed by atoms with E-state index in [0.29, 0.717) is 11.1 Å². The molecule has 0 bridgehead atoms. The Kier molecular flexibility index (Phi) is 13.1. The van der Waals surface area contributed by atoms with E-state index in [9.17, 15) is 19.2 Å². The highest BCUT2D eigenvalue weighted by molar-refractivity contribution is 6.00. The summed E-state index contributed by atoms with van der Waals surface area (Å²) in [5, 5.41) is 0. The zero-order valence-corrected chi connectivity index (χ0v) is 20.5. The Morgan fingerprint density at radius 2 is 1.09 bits per heavy atom. The molecule has 8 heteroatoms. The molecule has 0 aliphatic carbocycles. The van der Waals surface area contributed by atoms with Gasteiger partial charge < -0.3 is 18.9 Å². The SMILES string of the molecule is C=C(C)C(=O)OC(=O)C(=C)C.C=C(C)C(=O)OCC(C)(C)OC(=O)C(=C)C.CC1(C)CO1. The highest BCUT2D eigenvalue weighted by Gasteiger charge is 2.32. The van der Waals surface area contributed by atoms with E-state index in [1.165, 1.54) is 13.8 Å². The van der Waals surface area contributed by atoms with Gasteiger partial charge in [-0.25, -0.2) is 19.2 Å². The Balaban J connectivity index is 0. The van der Waals surface area contributed by atoms with Crippen LogP contribution in [0.5, 0.6) is 0 Å². The second-order valence-electron chi connectivity index (χ2n) is 8.57. The second kappa shape index (κ2) is 13.4. The van der Waals surface area contributed by atoms with E-state index in [4.69, 9.17) is 14.2 Å². The fourth-order valence-corrected chi connectivity index (χ4v) is 1.13. The predicted molar refractivity (Wildman–Crippen MR) is 122 cm³/mol. The number of esters is 4. The first-order valence-corrected chi connectivity index (χ1v) is 9.74. The number of hydrogen-bond donors (Lipinski definition) is 0. The van der Waals surface area contributed by atoms with Gasteiger partial charge >= 0.3 is 23.9 Å². The fourth-order valence-electron chi connectivity index (χ4n) is 1.13. The standard InChI is InChI=1S/C12H18O4.C8H10O3.C4H8O/c1-8(2)10(13)15-7-12(5,6)16-11(14)9(3)4;1-5(2)7(9)11-8(10)6(3)4;1-4(2)3-5-4/h1,3,7H2,2,4-6H3;1,3H2,2,4H3;3H2,1-2H3.